The van der Waals surface area contributed by atoms with Crippen molar-refractivity contribution in [1.29, 1.82) is 0 Å². The summed E-state index contributed by atoms with van der Waals surface area (Å²) < 4.78 is 7.70. The van der Waals surface area contributed by atoms with Crippen molar-refractivity contribution in [2.45, 2.75) is 40.3 Å². The van der Waals surface area contributed by atoms with E-state index in [1.54, 1.807) is 23.9 Å². The number of thiophene rings is 1. The van der Waals surface area contributed by atoms with Crippen molar-refractivity contribution in [3.05, 3.63) is 93.3 Å². The van der Waals surface area contributed by atoms with Gasteiger partial charge in [0.05, 0.1) is 30.5 Å². The van der Waals surface area contributed by atoms with Gasteiger partial charge in [-0.3, -0.25) is 9.78 Å². The second kappa shape index (κ2) is 8.86. The minimum Gasteiger partial charge on any atom is -0.451 e. The quantitative estimate of drug-likeness (QED) is 0.371. The molecular formula is C25H25N3O2S. The number of hydrogen-bond donors (Lipinski definition) is 0. The van der Waals surface area contributed by atoms with Crippen molar-refractivity contribution in [2.75, 3.05) is 0 Å². The third kappa shape index (κ3) is 4.59. The van der Waals surface area contributed by atoms with Crippen LogP contribution in [0.2, 0.25) is 0 Å². The first-order chi connectivity index (χ1) is 14.9. The average Bonchev–Trinajstić information content (AvgIpc) is 3.36. The lowest BCUT2D eigenvalue weighted by atomic mass is 10.0. The van der Waals surface area contributed by atoms with Crippen LogP contribution in [0, 0.1) is 20.8 Å². The van der Waals surface area contributed by atoms with Gasteiger partial charge in [-0.2, -0.15) is 11.3 Å². The molecule has 0 radical (unpaired) electrons. The highest BCUT2D eigenvalue weighted by Gasteiger charge is 2.22. The molecule has 3 aromatic heterocycles. The zero-order valence-corrected chi connectivity index (χ0v) is 18.9. The van der Waals surface area contributed by atoms with Gasteiger partial charge in [0.15, 0.2) is 6.10 Å². The Bertz CT molecular complexity index is 1210. The van der Waals surface area contributed by atoms with Crippen LogP contribution in [0.1, 0.15) is 46.5 Å². The Morgan fingerprint density at radius 1 is 1.10 bits per heavy atom. The Morgan fingerprint density at radius 2 is 1.87 bits per heavy atom. The van der Waals surface area contributed by atoms with E-state index < -0.39 is 6.10 Å². The summed E-state index contributed by atoms with van der Waals surface area (Å²) in [6, 6.07) is 10.2. The second-order valence-electron chi connectivity index (χ2n) is 7.82. The summed E-state index contributed by atoms with van der Waals surface area (Å²) in [6.45, 7) is 8.26. The number of hydrogen-bond acceptors (Lipinski definition) is 5. The monoisotopic (exact) mass is 431 g/mol. The van der Waals surface area contributed by atoms with Crippen LogP contribution in [0.5, 0.6) is 0 Å². The molecule has 0 spiro atoms. The van der Waals surface area contributed by atoms with Gasteiger partial charge < -0.3 is 9.30 Å². The Kier molecular flexibility index (Phi) is 6.00. The fourth-order valence-corrected chi connectivity index (χ4v) is 4.52. The summed E-state index contributed by atoms with van der Waals surface area (Å²) in [5.74, 6) is -0.327. The molecule has 0 aliphatic rings. The van der Waals surface area contributed by atoms with Crippen molar-refractivity contribution >= 4 is 17.3 Å². The Hall–Kier alpha value is -3.25. The SMILES string of the molecule is CC(=O)OC(c1ccc(C)cc1)c1cncn1Cc1cnc(-c2cscc2C)c(C)c1. The van der Waals surface area contributed by atoms with E-state index in [4.69, 9.17) is 9.72 Å². The average molecular weight is 432 g/mol. The second-order valence-corrected chi connectivity index (χ2v) is 8.57. The summed E-state index contributed by atoms with van der Waals surface area (Å²) in [5.41, 5.74) is 8.55. The van der Waals surface area contributed by atoms with Gasteiger partial charge in [-0.1, -0.05) is 35.9 Å². The molecule has 1 atom stereocenters. The van der Waals surface area contributed by atoms with Gasteiger partial charge in [-0.05, 0) is 48.4 Å². The van der Waals surface area contributed by atoms with Crippen molar-refractivity contribution in [2.24, 2.45) is 0 Å². The molecule has 3 heterocycles. The van der Waals surface area contributed by atoms with E-state index in [9.17, 15) is 4.79 Å². The lowest BCUT2D eigenvalue weighted by Gasteiger charge is -2.20. The van der Waals surface area contributed by atoms with E-state index in [2.05, 4.69) is 35.7 Å². The van der Waals surface area contributed by atoms with Crippen LogP contribution < -0.4 is 0 Å². The van der Waals surface area contributed by atoms with Gasteiger partial charge in [0.2, 0.25) is 0 Å². The summed E-state index contributed by atoms with van der Waals surface area (Å²) in [5, 5.41) is 4.28. The molecule has 4 aromatic rings. The lowest BCUT2D eigenvalue weighted by Crippen LogP contribution is -2.15. The van der Waals surface area contributed by atoms with Crippen LogP contribution in [0.25, 0.3) is 11.3 Å². The summed E-state index contributed by atoms with van der Waals surface area (Å²) in [4.78, 5) is 20.9. The van der Waals surface area contributed by atoms with Gasteiger partial charge >= 0.3 is 5.97 Å². The van der Waals surface area contributed by atoms with Crippen LogP contribution >= 0.6 is 11.3 Å². The van der Waals surface area contributed by atoms with E-state index in [0.29, 0.717) is 6.54 Å². The Labute approximate surface area is 186 Å². The molecule has 5 nitrogen and oxygen atoms in total. The number of rotatable bonds is 6. The molecule has 0 saturated carbocycles. The highest BCUT2D eigenvalue weighted by molar-refractivity contribution is 7.08. The first-order valence-electron chi connectivity index (χ1n) is 10.1. The summed E-state index contributed by atoms with van der Waals surface area (Å²) in [7, 11) is 0. The summed E-state index contributed by atoms with van der Waals surface area (Å²) >= 11 is 1.69. The van der Waals surface area contributed by atoms with Crippen molar-refractivity contribution in [3.8, 4) is 11.3 Å². The topological polar surface area (TPSA) is 57.0 Å². The van der Waals surface area contributed by atoms with Crippen LogP contribution in [0.3, 0.4) is 0 Å². The molecule has 0 aliphatic heterocycles. The molecule has 1 unspecified atom stereocenters. The van der Waals surface area contributed by atoms with Crippen LogP contribution in [0.4, 0.5) is 0 Å². The molecule has 158 valence electrons. The molecule has 6 heteroatoms. The fourth-order valence-electron chi connectivity index (χ4n) is 3.69. The largest absolute Gasteiger partial charge is 0.451 e. The van der Waals surface area contributed by atoms with Crippen LogP contribution in [-0.2, 0) is 16.1 Å². The van der Waals surface area contributed by atoms with Crippen LogP contribution in [0.15, 0.2) is 59.8 Å². The van der Waals surface area contributed by atoms with Crippen molar-refractivity contribution in [3.63, 3.8) is 0 Å². The molecule has 0 saturated heterocycles. The zero-order valence-electron chi connectivity index (χ0n) is 18.1. The first-order valence-corrected chi connectivity index (χ1v) is 11.1. The first kappa shape index (κ1) is 21.0. The number of aromatic nitrogens is 3. The number of carbonyl (C=O) groups excluding carboxylic acids is 1. The molecular weight excluding hydrogens is 406 g/mol. The van der Waals surface area contributed by atoms with Crippen LogP contribution in [-0.4, -0.2) is 20.5 Å². The van der Waals surface area contributed by atoms with Gasteiger partial charge in [0.1, 0.15) is 0 Å². The van der Waals surface area contributed by atoms with E-state index in [-0.39, 0.29) is 5.97 Å². The normalized spacial score (nSPS) is 12.0. The smallest absolute Gasteiger partial charge is 0.303 e. The predicted molar refractivity (Wildman–Crippen MR) is 123 cm³/mol. The lowest BCUT2D eigenvalue weighted by molar-refractivity contribution is -0.145. The number of esters is 1. The molecule has 4 rings (SSSR count). The van der Waals surface area contributed by atoms with Crippen molar-refractivity contribution < 1.29 is 9.53 Å². The van der Waals surface area contributed by atoms with Crippen molar-refractivity contribution in [1.82, 2.24) is 14.5 Å². The molecule has 0 N–H and O–H groups in total. The van der Waals surface area contributed by atoms with Gasteiger partial charge in [0.25, 0.3) is 0 Å². The number of aryl methyl sites for hydroxylation is 3. The molecule has 0 fully saturated rings. The molecule has 31 heavy (non-hydrogen) atoms. The molecule has 0 amide bonds. The minimum absolute atomic E-state index is 0.327. The predicted octanol–water partition coefficient (Wildman–Crippen LogP) is 5.63. The standard InChI is InChI=1S/C25H25N3O2S/c1-16-5-7-21(8-6-16)25(30-19(4)29)23-11-26-15-28(23)12-20-9-17(2)24(27-10-20)22-14-31-13-18(22)3/h5-11,13-15,25H,12H2,1-4H3. The highest BCUT2D eigenvalue weighted by atomic mass is 32.1. The number of ether oxygens (including phenoxy) is 1. The molecule has 0 bridgehead atoms. The maximum atomic E-state index is 11.8. The minimum atomic E-state index is -0.512. The van der Waals surface area contributed by atoms with E-state index >= 15 is 0 Å². The fraction of sp³-hybridized carbons (Fsp3) is 0.240. The maximum Gasteiger partial charge on any atom is 0.303 e. The maximum absolute atomic E-state index is 11.8. The van der Waals surface area contributed by atoms with Gasteiger partial charge in [-0.25, -0.2) is 4.98 Å². The number of pyridine rings is 1. The number of benzene rings is 1. The van der Waals surface area contributed by atoms with E-state index in [1.807, 2.05) is 42.0 Å². The third-order valence-electron chi connectivity index (χ3n) is 5.28. The Balaban J connectivity index is 1.64. The molecule has 0 aliphatic carbocycles. The van der Waals surface area contributed by atoms with E-state index in [1.165, 1.54) is 18.1 Å². The Morgan fingerprint density at radius 3 is 2.52 bits per heavy atom. The van der Waals surface area contributed by atoms with E-state index in [0.717, 1.165) is 33.6 Å². The summed E-state index contributed by atoms with van der Waals surface area (Å²) in [6.07, 6.45) is 4.93. The number of nitrogens with zero attached hydrogens (tertiary/aromatic N) is 3. The highest BCUT2D eigenvalue weighted by Crippen LogP contribution is 2.29. The number of imidazole rings is 1. The number of carbonyl (C=O) groups is 1. The van der Waals surface area contributed by atoms with Gasteiger partial charge in [-0.15, -0.1) is 0 Å². The third-order valence-corrected chi connectivity index (χ3v) is 6.14. The molecule has 1 aromatic carbocycles. The zero-order chi connectivity index (χ0) is 22.0. The van der Waals surface area contributed by atoms with Gasteiger partial charge in [0, 0.05) is 24.1 Å².